The highest BCUT2D eigenvalue weighted by atomic mass is 32.2. The number of nitrogens with one attached hydrogen (secondary N) is 1. The summed E-state index contributed by atoms with van der Waals surface area (Å²) in [5.41, 5.74) is 2.57. The minimum Gasteiger partial charge on any atom is -0.450 e. The first kappa shape index (κ1) is 17.4. The summed E-state index contributed by atoms with van der Waals surface area (Å²) in [5.74, 6) is 0. The fourth-order valence-electron chi connectivity index (χ4n) is 2.84. The maximum Gasteiger partial charge on any atom is 0.411 e. The molecule has 0 saturated heterocycles. The van der Waals surface area contributed by atoms with E-state index in [0.29, 0.717) is 30.2 Å². The zero-order valence-corrected chi connectivity index (χ0v) is 14.8. The average Bonchev–Trinajstić information content (AvgIpc) is 2.62. The monoisotopic (exact) mass is 360 g/mol. The summed E-state index contributed by atoms with van der Waals surface area (Å²) in [7, 11) is -3.53. The third-order valence-electron chi connectivity index (χ3n) is 4.09. The molecule has 1 aliphatic heterocycles. The number of nitrogens with zero attached hydrogens (tertiary/aromatic N) is 1. The van der Waals surface area contributed by atoms with Crippen LogP contribution in [0.3, 0.4) is 0 Å². The SMILES string of the molecule is CCOC(=O)Nc1ccc2c(c1)CN(S(=O)(=O)c1ccccc1)CC2. The summed E-state index contributed by atoms with van der Waals surface area (Å²) in [5, 5.41) is 2.65. The standard InChI is InChI=1S/C18H20N2O4S/c1-2-24-18(21)19-16-9-8-14-10-11-20(13-15(14)12-16)25(22,23)17-6-4-3-5-7-17/h3-9,12H,2,10-11,13H2,1H3,(H,19,21). The fraction of sp³-hybridized carbons (Fsp3) is 0.278. The van der Waals surface area contributed by atoms with Gasteiger partial charge in [-0.2, -0.15) is 4.31 Å². The smallest absolute Gasteiger partial charge is 0.411 e. The van der Waals surface area contributed by atoms with E-state index in [1.165, 1.54) is 4.31 Å². The lowest BCUT2D eigenvalue weighted by Crippen LogP contribution is -2.36. The van der Waals surface area contributed by atoms with Crippen molar-refractivity contribution in [2.45, 2.75) is 24.8 Å². The van der Waals surface area contributed by atoms with Gasteiger partial charge in [-0.25, -0.2) is 13.2 Å². The Balaban J connectivity index is 1.81. The minimum atomic E-state index is -3.53. The van der Waals surface area contributed by atoms with E-state index in [4.69, 9.17) is 4.74 Å². The molecule has 2 aromatic carbocycles. The molecule has 0 bridgehead atoms. The number of hydrogen-bond donors (Lipinski definition) is 1. The number of carbonyl (C=O) groups is 1. The molecule has 0 atom stereocenters. The molecule has 0 aliphatic carbocycles. The number of carbonyl (C=O) groups excluding carboxylic acids is 1. The van der Waals surface area contributed by atoms with E-state index >= 15 is 0 Å². The third-order valence-corrected chi connectivity index (χ3v) is 5.95. The van der Waals surface area contributed by atoms with Crippen molar-refractivity contribution in [3.8, 4) is 0 Å². The Kier molecular flexibility index (Phi) is 5.06. The van der Waals surface area contributed by atoms with Crippen molar-refractivity contribution in [1.82, 2.24) is 4.31 Å². The quantitative estimate of drug-likeness (QED) is 0.909. The highest BCUT2D eigenvalue weighted by Crippen LogP contribution is 2.27. The van der Waals surface area contributed by atoms with Crippen molar-refractivity contribution < 1.29 is 17.9 Å². The van der Waals surface area contributed by atoms with Crippen molar-refractivity contribution in [2.24, 2.45) is 0 Å². The first-order valence-electron chi connectivity index (χ1n) is 8.11. The molecule has 3 rings (SSSR count). The Morgan fingerprint density at radius 2 is 1.92 bits per heavy atom. The van der Waals surface area contributed by atoms with Gasteiger partial charge in [-0.15, -0.1) is 0 Å². The molecule has 1 aliphatic rings. The summed E-state index contributed by atoms with van der Waals surface area (Å²) in [6, 6.07) is 13.9. The Hall–Kier alpha value is -2.38. The molecule has 7 heteroatoms. The van der Waals surface area contributed by atoms with Gasteiger partial charge in [0.25, 0.3) is 0 Å². The van der Waals surface area contributed by atoms with Crippen LogP contribution in [0.1, 0.15) is 18.1 Å². The largest absolute Gasteiger partial charge is 0.450 e. The molecular formula is C18H20N2O4S. The van der Waals surface area contributed by atoms with Gasteiger partial charge in [0.1, 0.15) is 0 Å². The molecule has 0 unspecified atom stereocenters. The molecule has 0 saturated carbocycles. The van der Waals surface area contributed by atoms with Gasteiger partial charge in [0.15, 0.2) is 0 Å². The van der Waals surface area contributed by atoms with Gasteiger partial charge < -0.3 is 4.74 Å². The maximum absolute atomic E-state index is 12.8. The number of fused-ring (bicyclic) bond motifs is 1. The summed E-state index contributed by atoms with van der Waals surface area (Å²) >= 11 is 0. The van der Waals surface area contributed by atoms with Gasteiger partial charge in [0.2, 0.25) is 10.0 Å². The van der Waals surface area contributed by atoms with Crippen molar-refractivity contribution in [3.05, 3.63) is 59.7 Å². The summed E-state index contributed by atoms with van der Waals surface area (Å²) in [4.78, 5) is 11.8. The van der Waals surface area contributed by atoms with E-state index in [9.17, 15) is 13.2 Å². The molecule has 0 spiro atoms. The molecule has 2 aromatic rings. The molecular weight excluding hydrogens is 340 g/mol. The fourth-order valence-corrected chi connectivity index (χ4v) is 4.28. The van der Waals surface area contributed by atoms with Crippen LogP contribution in [0, 0.1) is 0 Å². The topological polar surface area (TPSA) is 75.7 Å². The van der Waals surface area contributed by atoms with Crippen LogP contribution in [0.2, 0.25) is 0 Å². The number of hydrogen-bond acceptors (Lipinski definition) is 4. The lowest BCUT2D eigenvalue weighted by molar-refractivity contribution is 0.168. The number of benzene rings is 2. The van der Waals surface area contributed by atoms with Gasteiger partial charge in [0.05, 0.1) is 11.5 Å². The second-order valence-electron chi connectivity index (χ2n) is 5.73. The predicted octanol–water partition coefficient (Wildman–Crippen LogP) is 3.00. The highest BCUT2D eigenvalue weighted by molar-refractivity contribution is 7.89. The van der Waals surface area contributed by atoms with E-state index in [0.717, 1.165) is 11.1 Å². The van der Waals surface area contributed by atoms with E-state index in [1.807, 2.05) is 6.07 Å². The van der Waals surface area contributed by atoms with Crippen LogP contribution < -0.4 is 5.32 Å². The Labute approximate surface area is 147 Å². The first-order valence-corrected chi connectivity index (χ1v) is 9.55. The normalized spacial score (nSPS) is 14.6. The van der Waals surface area contributed by atoms with Crippen molar-refractivity contribution >= 4 is 21.8 Å². The van der Waals surface area contributed by atoms with Crippen LogP contribution in [0.5, 0.6) is 0 Å². The zero-order valence-electron chi connectivity index (χ0n) is 13.9. The molecule has 1 N–H and O–H groups in total. The van der Waals surface area contributed by atoms with Crippen LogP contribution in [-0.2, 0) is 27.7 Å². The molecule has 0 radical (unpaired) electrons. The van der Waals surface area contributed by atoms with Gasteiger partial charge >= 0.3 is 6.09 Å². The molecule has 0 aromatic heterocycles. The van der Waals surface area contributed by atoms with Crippen LogP contribution in [0.15, 0.2) is 53.4 Å². The van der Waals surface area contributed by atoms with Crippen LogP contribution >= 0.6 is 0 Å². The molecule has 25 heavy (non-hydrogen) atoms. The van der Waals surface area contributed by atoms with Crippen molar-refractivity contribution in [2.75, 3.05) is 18.5 Å². The molecule has 1 heterocycles. The lowest BCUT2D eigenvalue weighted by Gasteiger charge is -2.28. The second-order valence-corrected chi connectivity index (χ2v) is 7.67. The molecule has 6 nitrogen and oxygen atoms in total. The average molecular weight is 360 g/mol. The van der Waals surface area contributed by atoms with E-state index in [1.54, 1.807) is 49.4 Å². The van der Waals surface area contributed by atoms with Gasteiger partial charge in [0, 0.05) is 18.8 Å². The Morgan fingerprint density at radius 1 is 1.16 bits per heavy atom. The Bertz CT molecular complexity index is 866. The van der Waals surface area contributed by atoms with E-state index < -0.39 is 16.1 Å². The van der Waals surface area contributed by atoms with Gasteiger partial charge in [-0.3, -0.25) is 5.32 Å². The van der Waals surface area contributed by atoms with Gasteiger partial charge in [-0.1, -0.05) is 24.3 Å². The predicted molar refractivity (Wildman–Crippen MR) is 94.8 cm³/mol. The lowest BCUT2D eigenvalue weighted by atomic mass is 10.0. The summed E-state index contributed by atoms with van der Waals surface area (Å²) < 4.78 is 31.9. The number of ether oxygens (including phenoxy) is 1. The second kappa shape index (κ2) is 7.25. The van der Waals surface area contributed by atoms with Crippen LogP contribution in [0.25, 0.3) is 0 Å². The van der Waals surface area contributed by atoms with E-state index in [2.05, 4.69) is 5.32 Å². The Morgan fingerprint density at radius 3 is 2.64 bits per heavy atom. The molecule has 1 amide bonds. The van der Waals surface area contributed by atoms with Crippen molar-refractivity contribution in [1.29, 1.82) is 0 Å². The number of rotatable bonds is 4. The molecule has 0 fully saturated rings. The maximum atomic E-state index is 12.8. The highest BCUT2D eigenvalue weighted by Gasteiger charge is 2.28. The zero-order chi connectivity index (χ0) is 17.9. The minimum absolute atomic E-state index is 0.283. The summed E-state index contributed by atoms with van der Waals surface area (Å²) in [6.07, 6.45) is 0.119. The first-order chi connectivity index (χ1) is 12.0. The number of amides is 1. The molecule has 132 valence electrons. The van der Waals surface area contributed by atoms with Crippen molar-refractivity contribution in [3.63, 3.8) is 0 Å². The van der Waals surface area contributed by atoms with Crippen LogP contribution in [0.4, 0.5) is 10.5 Å². The third kappa shape index (κ3) is 3.83. The summed E-state index contributed by atoms with van der Waals surface area (Å²) in [6.45, 7) is 2.75. The number of anilines is 1. The van der Waals surface area contributed by atoms with Gasteiger partial charge in [-0.05, 0) is 48.7 Å². The van der Waals surface area contributed by atoms with Crippen LogP contribution in [-0.4, -0.2) is 32.0 Å². The number of sulfonamides is 1. The van der Waals surface area contributed by atoms with E-state index in [-0.39, 0.29) is 6.54 Å².